The van der Waals surface area contributed by atoms with Crippen molar-refractivity contribution < 1.29 is 9.90 Å². The van der Waals surface area contributed by atoms with Gasteiger partial charge >= 0.3 is 5.97 Å². The third-order valence-corrected chi connectivity index (χ3v) is 3.31. The summed E-state index contributed by atoms with van der Waals surface area (Å²) in [6.45, 7) is 4.55. The molecule has 0 saturated carbocycles. The van der Waals surface area contributed by atoms with Crippen LogP contribution >= 0.6 is 0 Å². The van der Waals surface area contributed by atoms with Gasteiger partial charge in [0.2, 0.25) is 5.82 Å². The number of hydrogen-bond acceptors (Lipinski definition) is 5. The monoisotopic (exact) mass is 264 g/mol. The first kappa shape index (κ1) is 13.7. The van der Waals surface area contributed by atoms with Crippen LogP contribution in [0.1, 0.15) is 41.6 Å². The number of aromatic nitrogens is 2. The predicted octanol–water partition coefficient (Wildman–Crippen LogP) is 1.06. The first-order valence-electron chi connectivity index (χ1n) is 6.68. The molecule has 0 atom stereocenters. The molecule has 1 aromatic heterocycles. The summed E-state index contributed by atoms with van der Waals surface area (Å²) in [5, 5.41) is 12.4. The van der Waals surface area contributed by atoms with Gasteiger partial charge in [0.1, 0.15) is 5.82 Å². The molecule has 104 valence electrons. The van der Waals surface area contributed by atoms with Gasteiger partial charge in [-0.2, -0.15) is 0 Å². The van der Waals surface area contributed by atoms with Crippen molar-refractivity contribution in [2.24, 2.45) is 0 Å². The van der Waals surface area contributed by atoms with Crippen molar-refractivity contribution in [2.75, 3.05) is 25.0 Å². The van der Waals surface area contributed by atoms with E-state index in [9.17, 15) is 4.79 Å². The maximum Gasteiger partial charge on any atom is 0.374 e. The van der Waals surface area contributed by atoms with E-state index in [2.05, 4.69) is 22.2 Å². The molecule has 1 aromatic rings. The Morgan fingerprint density at radius 2 is 2.26 bits per heavy atom. The lowest BCUT2D eigenvalue weighted by Gasteiger charge is -2.25. The highest BCUT2D eigenvalue weighted by atomic mass is 16.4. The van der Waals surface area contributed by atoms with E-state index >= 15 is 0 Å². The Morgan fingerprint density at radius 1 is 1.47 bits per heavy atom. The van der Waals surface area contributed by atoms with Crippen LogP contribution in [0.15, 0.2) is 0 Å². The van der Waals surface area contributed by atoms with Crippen LogP contribution in [-0.4, -0.2) is 41.2 Å². The summed E-state index contributed by atoms with van der Waals surface area (Å²) in [7, 11) is 1.96. The van der Waals surface area contributed by atoms with Crippen LogP contribution in [0.3, 0.4) is 0 Å². The Bertz CT molecular complexity index is 476. The lowest BCUT2D eigenvalue weighted by Crippen LogP contribution is -2.31. The molecule has 0 aliphatic carbocycles. The van der Waals surface area contributed by atoms with Crippen LogP contribution in [0.4, 0.5) is 5.82 Å². The van der Waals surface area contributed by atoms with Gasteiger partial charge in [-0.05, 0) is 6.42 Å². The number of hydrogen-bond donors (Lipinski definition) is 2. The van der Waals surface area contributed by atoms with Gasteiger partial charge < -0.3 is 15.3 Å². The van der Waals surface area contributed by atoms with Crippen LogP contribution in [0.2, 0.25) is 0 Å². The molecule has 2 N–H and O–H groups in total. The molecule has 2 rings (SSSR count). The van der Waals surface area contributed by atoms with Crippen LogP contribution in [0.5, 0.6) is 0 Å². The summed E-state index contributed by atoms with van der Waals surface area (Å²) in [5.74, 6) is -0.409. The van der Waals surface area contributed by atoms with Gasteiger partial charge in [-0.3, -0.25) is 0 Å². The van der Waals surface area contributed by atoms with Crippen LogP contribution in [-0.2, 0) is 13.0 Å². The zero-order valence-corrected chi connectivity index (χ0v) is 11.4. The molecule has 0 saturated heterocycles. The highest BCUT2D eigenvalue weighted by molar-refractivity contribution is 5.84. The van der Waals surface area contributed by atoms with Crippen molar-refractivity contribution in [2.45, 2.75) is 32.7 Å². The van der Waals surface area contributed by atoms with Crippen molar-refractivity contribution in [1.29, 1.82) is 0 Å². The summed E-state index contributed by atoms with van der Waals surface area (Å²) < 4.78 is 0. The molecule has 2 heterocycles. The summed E-state index contributed by atoms with van der Waals surface area (Å²) in [5.41, 5.74) is 1.90. The molecule has 0 spiro atoms. The Balaban J connectivity index is 2.38. The summed E-state index contributed by atoms with van der Waals surface area (Å²) in [6.07, 6.45) is 2.92. The SMILES string of the molecule is CCCCN(C)c1nc(C(=O)O)nc2c1CNCC2. The van der Waals surface area contributed by atoms with E-state index in [1.807, 2.05) is 11.9 Å². The fourth-order valence-electron chi connectivity index (χ4n) is 2.24. The standard InChI is InChI=1S/C13H20N4O2/c1-3-4-7-17(2)12-9-8-14-6-5-10(9)15-11(16-12)13(18)19/h14H,3-8H2,1-2H3,(H,18,19). The average Bonchev–Trinajstić information content (AvgIpc) is 2.43. The van der Waals surface area contributed by atoms with Crippen molar-refractivity contribution in [1.82, 2.24) is 15.3 Å². The van der Waals surface area contributed by atoms with E-state index in [-0.39, 0.29) is 5.82 Å². The highest BCUT2D eigenvalue weighted by Crippen LogP contribution is 2.23. The number of carboxylic acids is 1. The first-order chi connectivity index (χ1) is 9.13. The number of anilines is 1. The number of fused-ring (bicyclic) bond motifs is 1. The molecular formula is C13H20N4O2. The number of nitrogens with one attached hydrogen (secondary N) is 1. The van der Waals surface area contributed by atoms with E-state index in [1.165, 1.54) is 0 Å². The van der Waals surface area contributed by atoms with Crippen molar-refractivity contribution in [3.8, 4) is 0 Å². The molecule has 0 bridgehead atoms. The Hall–Kier alpha value is -1.69. The minimum Gasteiger partial charge on any atom is -0.475 e. The summed E-state index contributed by atoms with van der Waals surface area (Å²) in [4.78, 5) is 21.5. The molecule has 0 aromatic carbocycles. The fraction of sp³-hybridized carbons (Fsp3) is 0.615. The van der Waals surface area contributed by atoms with Gasteiger partial charge in [0.25, 0.3) is 0 Å². The second kappa shape index (κ2) is 5.97. The second-order valence-electron chi connectivity index (χ2n) is 4.80. The van der Waals surface area contributed by atoms with Gasteiger partial charge in [-0.15, -0.1) is 0 Å². The van der Waals surface area contributed by atoms with Crippen molar-refractivity contribution >= 4 is 11.8 Å². The number of unbranched alkanes of at least 4 members (excludes halogenated alkanes) is 1. The quantitative estimate of drug-likeness (QED) is 0.828. The van der Waals surface area contributed by atoms with Gasteiger partial charge in [-0.1, -0.05) is 13.3 Å². The Labute approximate surface area is 112 Å². The fourth-order valence-corrected chi connectivity index (χ4v) is 2.24. The van der Waals surface area contributed by atoms with Crippen molar-refractivity contribution in [3.63, 3.8) is 0 Å². The third kappa shape index (κ3) is 3.01. The largest absolute Gasteiger partial charge is 0.475 e. The van der Waals surface area contributed by atoms with Crippen LogP contribution in [0, 0.1) is 0 Å². The Kier molecular flexibility index (Phi) is 4.31. The zero-order chi connectivity index (χ0) is 13.8. The van der Waals surface area contributed by atoms with Gasteiger partial charge in [0, 0.05) is 38.7 Å². The summed E-state index contributed by atoms with van der Waals surface area (Å²) >= 11 is 0. The second-order valence-corrected chi connectivity index (χ2v) is 4.80. The smallest absolute Gasteiger partial charge is 0.374 e. The molecule has 0 amide bonds. The van der Waals surface area contributed by atoms with Gasteiger partial charge in [-0.25, -0.2) is 14.8 Å². The zero-order valence-electron chi connectivity index (χ0n) is 11.4. The number of rotatable bonds is 5. The number of carbonyl (C=O) groups is 1. The van der Waals surface area contributed by atoms with Gasteiger partial charge in [0.05, 0.1) is 5.69 Å². The molecule has 1 aliphatic rings. The van der Waals surface area contributed by atoms with Crippen LogP contribution < -0.4 is 10.2 Å². The molecule has 19 heavy (non-hydrogen) atoms. The summed E-state index contributed by atoms with van der Waals surface area (Å²) in [6, 6.07) is 0. The minimum absolute atomic E-state index is 0.0981. The number of aromatic carboxylic acids is 1. The van der Waals surface area contributed by atoms with E-state index in [1.54, 1.807) is 0 Å². The van der Waals surface area contributed by atoms with E-state index in [0.717, 1.165) is 49.4 Å². The maximum atomic E-state index is 11.1. The molecular weight excluding hydrogens is 244 g/mol. The van der Waals surface area contributed by atoms with E-state index in [4.69, 9.17) is 5.11 Å². The lowest BCUT2D eigenvalue weighted by atomic mass is 10.1. The number of carboxylic acid groups (broad SMARTS) is 1. The first-order valence-corrected chi connectivity index (χ1v) is 6.68. The van der Waals surface area contributed by atoms with Gasteiger partial charge in [0.15, 0.2) is 0 Å². The maximum absolute atomic E-state index is 11.1. The molecule has 6 heteroatoms. The van der Waals surface area contributed by atoms with E-state index < -0.39 is 5.97 Å². The third-order valence-electron chi connectivity index (χ3n) is 3.31. The van der Waals surface area contributed by atoms with Crippen molar-refractivity contribution in [3.05, 3.63) is 17.1 Å². The molecule has 1 aliphatic heterocycles. The van der Waals surface area contributed by atoms with Crippen LogP contribution in [0.25, 0.3) is 0 Å². The highest BCUT2D eigenvalue weighted by Gasteiger charge is 2.21. The predicted molar refractivity (Wildman–Crippen MR) is 72.6 cm³/mol. The van der Waals surface area contributed by atoms with E-state index in [0.29, 0.717) is 6.54 Å². The average molecular weight is 264 g/mol. The number of nitrogens with zero attached hydrogens (tertiary/aromatic N) is 3. The molecule has 0 unspecified atom stereocenters. The lowest BCUT2D eigenvalue weighted by molar-refractivity contribution is 0.0683. The topological polar surface area (TPSA) is 78.4 Å². The molecule has 6 nitrogen and oxygen atoms in total. The minimum atomic E-state index is -1.06. The molecule has 0 fully saturated rings. The molecule has 0 radical (unpaired) electrons. The Morgan fingerprint density at radius 3 is 2.95 bits per heavy atom. The normalized spacial score (nSPS) is 14.0.